The lowest BCUT2D eigenvalue weighted by atomic mass is 10.2. The number of amides is 1. The molecule has 0 aliphatic carbocycles. The number of ether oxygens (including phenoxy) is 3. The van der Waals surface area contributed by atoms with E-state index in [0.29, 0.717) is 36.2 Å². The molecule has 24 heavy (non-hydrogen) atoms. The molecule has 0 fully saturated rings. The van der Waals surface area contributed by atoms with Crippen LogP contribution >= 0.6 is 0 Å². The maximum atomic E-state index is 12.4. The summed E-state index contributed by atoms with van der Waals surface area (Å²) in [5.41, 5.74) is 0.763. The molecule has 1 amide bonds. The van der Waals surface area contributed by atoms with Crippen LogP contribution < -0.4 is 20.1 Å². The lowest BCUT2D eigenvalue weighted by Gasteiger charge is -2.11. The molecule has 0 saturated heterocycles. The van der Waals surface area contributed by atoms with Crippen molar-refractivity contribution in [2.75, 3.05) is 45.1 Å². The van der Waals surface area contributed by atoms with Gasteiger partial charge in [-0.3, -0.25) is 4.79 Å². The molecule has 128 valence electrons. The Hall–Kier alpha value is -2.87. The van der Waals surface area contributed by atoms with Crippen LogP contribution in [0.5, 0.6) is 11.5 Å². The van der Waals surface area contributed by atoms with Crippen LogP contribution in [0.1, 0.15) is 10.5 Å². The third-order valence-corrected chi connectivity index (χ3v) is 3.17. The number of methoxy groups -OCH3 is 3. The molecule has 0 atom stereocenters. The normalized spacial score (nSPS) is 10.1. The Kier molecular flexibility index (Phi) is 6.32. The predicted octanol–water partition coefficient (Wildman–Crippen LogP) is 1.80. The second kappa shape index (κ2) is 8.68. The highest BCUT2D eigenvalue weighted by Gasteiger charge is 2.12. The van der Waals surface area contributed by atoms with Crippen molar-refractivity contribution in [1.82, 2.24) is 9.97 Å². The Morgan fingerprint density at radius 2 is 1.96 bits per heavy atom. The first-order valence-electron chi connectivity index (χ1n) is 7.26. The first-order chi connectivity index (χ1) is 11.7. The predicted molar refractivity (Wildman–Crippen MR) is 89.9 cm³/mol. The van der Waals surface area contributed by atoms with E-state index in [9.17, 15) is 4.79 Å². The molecule has 1 aromatic carbocycles. The van der Waals surface area contributed by atoms with E-state index < -0.39 is 0 Å². The largest absolute Gasteiger partial charge is 0.497 e. The van der Waals surface area contributed by atoms with Gasteiger partial charge in [0.1, 0.15) is 29.3 Å². The molecule has 0 aliphatic heterocycles. The van der Waals surface area contributed by atoms with Crippen LogP contribution in [0.3, 0.4) is 0 Å². The monoisotopic (exact) mass is 332 g/mol. The average Bonchev–Trinajstić information content (AvgIpc) is 2.62. The molecule has 2 aromatic rings. The van der Waals surface area contributed by atoms with E-state index in [0.717, 1.165) is 0 Å². The van der Waals surface area contributed by atoms with Gasteiger partial charge in [-0.25, -0.2) is 9.97 Å². The van der Waals surface area contributed by atoms with E-state index in [1.807, 2.05) is 0 Å². The summed E-state index contributed by atoms with van der Waals surface area (Å²) < 4.78 is 15.3. The molecule has 8 nitrogen and oxygen atoms in total. The number of aromatic nitrogens is 2. The molecule has 0 saturated carbocycles. The van der Waals surface area contributed by atoms with E-state index in [-0.39, 0.29) is 11.6 Å². The third kappa shape index (κ3) is 4.56. The molecule has 0 aliphatic rings. The fraction of sp³-hybridized carbons (Fsp3) is 0.312. The van der Waals surface area contributed by atoms with Gasteiger partial charge in [-0.1, -0.05) is 0 Å². The van der Waals surface area contributed by atoms with E-state index in [4.69, 9.17) is 14.2 Å². The Labute approximate surface area is 140 Å². The smallest absolute Gasteiger partial charge is 0.274 e. The van der Waals surface area contributed by atoms with Gasteiger partial charge in [0, 0.05) is 25.8 Å². The highest BCUT2D eigenvalue weighted by atomic mass is 16.5. The van der Waals surface area contributed by atoms with Crippen LogP contribution in [0.25, 0.3) is 0 Å². The van der Waals surface area contributed by atoms with Crippen molar-refractivity contribution < 1.29 is 19.0 Å². The maximum absolute atomic E-state index is 12.4. The van der Waals surface area contributed by atoms with Crippen LogP contribution in [-0.2, 0) is 4.74 Å². The van der Waals surface area contributed by atoms with Gasteiger partial charge in [-0.05, 0) is 12.1 Å². The number of benzene rings is 1. The van der Waals surface area contributed by atoms with Gasteiger partial charge in [0.25, 0.3) is 5.91 Å². The molecule has 2 rings (SSSR count). The summed E-state index contributed by atoms with van der Waals surface area (Å²) >= 11 is 0. The summed E-state index contributed by atoms with van der Waals surface area (Å²) in [5.74, 6) is 1.32. The van der Waals surface area contributed by atoms with Crippen LogP contribution in [0, 0.1) is 0 Å². The van der Waals surface area contributed by atoms with Gasteiger partial charge in [0.2, 0.25) is 0 Å². The minimum atomic E-state index is -0.365. The lowest BCUT2D eigenvalue weighted by molar-refractivity contribution is 0.102. The summed E-state index contributed by atoms with van der Waals surface area (Å²) in [7, 11) is 4.70. The van der Waals surface area contributed by atoms with Crippen molar-refractivity contribution in [2.24, 2.45) is 0 Å². The lowest BCUT2D eigenvalue weighted by Crippen LogP contribution is -2.16. The SMILES string of the molecule is COCCNc1cc(C(=O)Nc2ccc(OC)cc2OC)ncn1. The number of rotatable bonds is 8. The fourth-order valence-corrected chi connectivity index (χ4v) is 1.95. The first-order valence-corrected chi connectivity index (χ1v) is 7.26. The van der Waals surface area contributed by atoms with E-state index >= 15 is 0 Å². The molecule has 2 N–H and O–H groups in total. The summed E-state index contributed by atoms with van der Waals surface area (Å²) in [6.07, 6.45) is 1.33. The van der Waals surface area contributed by atoms with Gasteiger partial charge in [0.05, 0.1) is 26.5 Å². The first kappa shape index (κ1) is 17.5. The second-order valence-corrected chi connectivity index (χ2v) is 4.73. The number of hydrogen-bond donors (Lipinski definition) is 2. The summed E-state index contributed by atoms with van der Waals surface area (Å²) in [6, 6.07) is 6.69. The minimum Gasteiger partial charge on any atom is -0.497 e. The average molecular weight is 332 g/mol. The van der Waals surface area contributed by atoms with Gasteiger partial charge < -0.3 is 24.8 Å². The zero-order valence-corrected chi connectivity index (χ0v) is 13.8. The second-order valence-electron chi connectivity index (χ2n) is 4.73. The zero-order valence-electron chi connectivity index (χ0n) is 13.8. The van der Waals surface area contributed by atoms with Crippen LogP contribution in [-0.4, -0.2) is 50.4 Å². The van der Waals surface area contributed by atoms with Crippen molar-refractivity contribution in [3.8, 4) is 11.5 Å². The number of anilines is 2. The van der Waals surface area contributed by atoms with Crippen LogP contribution in [0.15, 0.2) is 30.6 Å². The van der Waals surface area contributed by atoms with Crippen molar-refractivity contribution in [3.63, 3.8) is 0 Å². The van der Waals surface area contributed by atoms with Crippen LogP contribution in [0.2, 0.25) is 0 Å². The molecular formula is C16H20N4O4. The van der Waals surface area contributed by atoms with Crippen molar-refractivity contribution in [1.29, 1.82) is 0 Å². The number of nitrogens with one attached hydrogen (secondary N) is 2. The fourth-order valence-electron chi connectivity index (χ4n) is 1.95. The molecule has 1 aromatic heterocycles. The third-order valence-electron chi connectivity index (χ3n) is 3.17. The van der Waals surface area contributed by atoms with Crippen molar-refractivity contribution in [3.05, 3.63) is 36.3 Å². The quantitative estimate of drug-likeness (QED) is 0.712. The molecule has 8 heteroatoms. The number of nitrogens with zero attached hydrogens (tertiary/aromatic N) is 2. The Morgan fingerprint density at radius 3 is 2.67 bits per heavy atom. The zero-order chi connectivity index (χ0) is 17.4. The van der Waals surface area contributed by atoms with Crippen molar-refractivity contribution in [2.45, 2.75) is 0 Å². The molecule has 0 bridgehead atoms. The summed E-state index contributed by atoms with van der Waals surface area (Å²) in [5, 5.41) is 5.81. The van der Waals surface area contributed by atoms with Gasteiger partial charge >= 0.3 is 0 Å². The minimum absolute atomic E-state index is 0.239. The molecule has 0 radical (unpaired) electrons. The van der Waals surface area contributed by atoms with Gasteiger partial charge in [0.15, 0.2) is 0 Å². The van der Waals surface area contributed by atoms with Gasteiger partial charge in [-0.2, -0.15) is 0 Å². The summed E-state index contributed by atoms with van der Waals surface area (Å²) in [6.45, 7) is 1.12. The summed E-state index contributed by atoms with van der Waals surface area (Å²) in [4.78, 5) is 20.4. The molecule has 0 spiro atoms. The highest BCUT2D eigenvalue weighted by molar-refractivity contribution is 6.04. The van der Waals surface area contributed by atoms with Crippen molar-refractivity contribution >= 4 is 17.4 Å². The van der Waals surface area contributed by atoms with Crippen LogP contribution in [0.4, 0.5) is 11.5 Å². The number of hydrogen-bond acceptors (Lipinski definition) is 7. The Balaban J connectivity index is 2.11. The van der Waals surface area contributed by atoms with E-state index in [1.54, 1.807) is 38.5 Å². The highest BCUT2D eigenvalue weighted by Crippen LogP contribution is 2.29. The molecular weight excluding hydrogens is 312 g/mol. The molecule has 1 heterocycles. The Bertz CT molecular complexity index is 694. The topological polar surface area (TPSA) is 94.6 Å². The maximum Gasteiger partial charge on any atom is 0.274 e. The standard InChI is InChI=1S/C16H20N4O4/c1-22-7-6-17-15-9-13(18-10-19-15)16(21)20-12-5-4-11(23-2)8-14(12)24-3/h4-5,8-10H,6-7H2,1-3H3,(H,20,21)(H,17,18,19). The van der Waals surface area contributed by atoms with E-state index in [2.05, 4.69) is 20.6 Å². The van der Waals surface area contributed by atoms with E-state index in [1.165, 1.54) is 13.4 Å². The number of carbonyl (C=O) groups excluding carboxylic acids is 1. The Morgan fingerprint density at radius 1 is 1.12 bits per heavy atom. The van der Waals surface area contributed by atoms with Gasteiger partial charge in [-0.15, -0.1) is 0 Å². The molecule has 0 unspecified atom stereocenters. The number of carbonyl (C=O) groups is 1.